The van der Waals surface area contributed by atoms with Crippen LogP contribution in [0, 0.1) is 6.92 Å². The average molecular weight is 356 g/mol. The van der Waals surface area contributed by atoms with E-state index < -0.39 is 5.69 Å². The number of hydrogen-bond donors (Lipinski definition) is 1. The van der Waals surface area contributed by atoms with E-state index in [1.807, 2.05) is 19.1 Å². The molecule has 0 aliphatic carbocycles. The second kappa shape index (κ2) is 7.35. The lowest BCUT2D eigenvalue weighted by molar-refractivity contribution is -0.113. The molecule has 7 nitrogen and oxygen atoms in total. The molecule has 3 rings (SSSR count). The van der Waals surface area contributed by atoms with Crippen LogP contribution in [0.2, 0.25) is 0 Å². The number of pyridine rings is 1. The van der Waals surface area contributed by atoms with Gasteiger partial charge >= 0.3 is 5.69 Å². The van der Waals surface area contributed by atoms with E-state index >= 15 is 0 Å². The number of para-hydroxylation sites is 2. The summed E-state index contributed by atoms with van der Waals surface area (Å²) in [6.45, 7) is 1.87. The summed E-state index contributed by atoms with van der Waals surface area (Å²) >= 11 is 1.11. The van der Waals surface area contributed by atoms with Gasteiger partial charge in [-0.05, 0) is 30.7 Å². The Bertz CT molecular complexity index is 987. The molecule has 0 bridgehead atoms. The number of methoxy groups -OCH3 is 1. The molecule has 0 aliphatic rings. The zero-order valence-electron chi connectivity index (χ0n) is 13.7. The molecule has 0 spiro atoms. The van der Waals surface area contributed by atoms with E-state index in [0.717, 1.165) is 17.3 Å². The Balaban J connectivity index is 1.73. The number of fused-ring (bicyclic) bond motifs is 1. The van der Waals surface area contributed by atoms with Crippen LogP contribution in [0.15, 0.2) is 52.5 Å². The third-order valence-electron chi connectivity index (χ3n) is 3.47. The summed E-state index contributed by atoms with van der Waals surface area (Å²) in [7, 11) is 1.54. The van der Waals surface area contributed by atoms with Crippen LogP contribution in [-0.2, 0) is 4.79 Å². The first-order valence-electron chi connectivity index (χ1n) is 7.50. The second-order valence-corrected chi connectivity index (χ2v) is 6.15. The van der Waals surface area contributed by atoms with E-state index in [9.17, 15) is 9.59 Å². The van der Waals surface area contributed by atoms with Gasteiger partial charge in [0.15, 0.2) is 5.16 Å². The van der Waals surface area contributed by atoms with Crippen molar-refractivity contribution in [3.05, 3.63) is 58.6 Å². The van der Waals surface area contributed by atoms with Crippen molar-refractivity contribution in [2.24, 2.45) is 0 Å². The van der Waals surface area contributed by atoms with E-state index in [1.54, 1.807) is 37.6 Å². The Morgan fingerprint density at radius 3 is 2.84 bits per heavy atom. The van der Waals surface area contributed by atoms with Crippen molar-refractivity contribution in [3.63, 3.8) is 0 Å². The molecule has 25 heavy (non-hydrogen) atoms. The standard InChI is InChI=1S/C17H16N4O3S/c1-11-6-5-9-21-15(11)19-16(20-17(21)23)25-10-14(22)18-12-7-3-4-8-13(12)24-2/h3-9H,10H2,1-2H3,(H,18,22). The molecule has 8 heteroatoms. The molecule has 1 N–H and O–H groups in total. The molecule has 0 saturated heterocycles. The fraction of sp³-hybridized carbons (Fsp3) is 0.176. The zero-order valence-corrected chi connectivity index (χ0v) is 14.5. The third kappa shape index (κ3) is 3.80. The van der Waals surface area contributed by atoms with Crippen LogP contribution >= 0.6 is 11.8 Å². The summed E-state index contributed by atoms with van der Waals surface area (Å²) in [5, 5.41) is 3.04. The topological polar surface area (TPSA) is 85.6 Å². The predicted molar refractivity (Wildman–Crippen MR) is 96.3 cm³/mol. The maximum atomic E-state index is 12.1. The lowest BCUT2D eigenvalue weighted by Crippen LogP contribution is -2.20. The molecule has 0 fully saturated rings. The first kappa shape index (κ1) is 17.0. The van der Waals surface area contributed by atoms with Gasteiger partial charge in [-0.3, -0.25) is 9.20 Å². The lowest BCUT2D eigenvalue weighted by Gasteiger charge is -2.09. The van der Waals surface area contributed by atoms with Gasteiger partial charge in [-0.2, -0.15) is 4.98 Å². The van der Waals surface area contributed by atoms with E-state index in [0.29, 0.717) is 17.1 Å². The SMILES string of the molecule is COc1ccccc1NC(=O)CSc1nc(=O)n2cccc(C)c2n1. The van der Waals surface area contributed by atoms with Gasteiger partial charge in [0.2, 0.25) is 5.91 Å². The summed E-state index contributed by atoms with van der Waals surface area (Å²) in [4.78, 5) is 32.5. The highest BCUT2D eigenvalue weighted by Gasteiger charge is 2.11. The van der Waals surface area contributed by atoms with Crippen LogP contribution in [0.5, 0.6) is 5.75 Å². The molecule has 3 aromatic rings. The van der Waals surface area contributed by atoms with E-state index in [1.165, 1.54) is 4.40 Å². The van der Waals surface area contributed by atoms with E-state index in [-0.39, 0.29) is 16.8 Å². The van der Waals surface area contributed by atoms with Gasteiger partial charge in [0, 0.05) is 6.20 Å². The molecule has 0 saturated carbocycles. The summed E-state index contributed by atoms with van der Waals surface area (Å²) in [6, 6.07) is 10.8. The first-order valence-corrected chi connectivity index (χ1v) is 8.49. The normalized spacial score (nSPS) is 10.6. The van der Waals surface area contributed by atoms with Gasteiger partial charge in [0.1, 0.15) is 11.4 Å². The van der Waals surface area contributed by atoms with Gasteiger partial charge in [0.05, 0.1) is 18.6 Å². The van der Waals surface area contributed by atoms with Crippen molar-refractivity contribution in [1.29, 1.82) is 0 Å². The molecule has 1 aromatic carbocycles. The van der Waals surface area contributed by atoms with Gasteiger partial charge in [-0.25, -0.2) is 9.78 Å². The number of aryl methyl sites for hydroxylation is 1. The summed E-state index contributed by atoms with van der Waals surface area (Å²) in [5.41, 5.74) is 1.57. The number of carbonyl (C=O) groups is 1. The monoisotopic (exact) mass is 356 g/mol. The number of thioether (sulfide) groups is 1. The number of nitrogens with one attached hydrogen (secondary N) is 1. The molecule has 128 valence electrons. The van der Waals surface area contributed by atoms with Crippen molar-refractivity contribution in [1.82, 2.24) is 14.4 Å². The third-order valence-corrected chi connectivity index (χ3v) is 4.32. The number of ether oxygens (including phenoxy) is 1. The highest BCUT2D eigenvalue weighted by Crippen LogP contribution is 2.23. The molecule has 2 heterocycles. The fourth-order valence-electron chi connectivity index (χ4n) is 2.29. The van der Waals surface area contributed by atoms with Crippen molar-refractivity contribution in [2.45, 2.75) is 12.1 Å². The minimum atomic E-state index is -0.415. The van der Waals surface area contributed by atoms with Gasteiger partial charge in [-0.1, -0.05) is 30.0 Å². The summed E-state index contributed by atoms with van der Waals surface area (Å²) in [5.74, 6) is 0.430. The smallest absolute Gasteiger partial charge is 0.355 e. The number of anilines is 1. The Morgan fingerprint density at radius 1 is 1.24 bits per heavy atom. The maximum absolute atomic E-state index is 12.1. The predicted octanol–water partition coefficient (Wildman–Crippen LogP) is 2.14. The molecule has 0 radical (unpaired) electrons. The molecule has 2 aromatic heterocycles. The van der Waals surface area contributed by atoms with Crippen LogP contribution in [0.1, 0.15) is 5.56 Å². The number of hydrogen-bond acceptors (Lipinski definition) is 6. The fourth-order valence-corrected chi connectivity index (χ4v) is 2.91. The highest BCUT2D eigenvalue weighted by molar-refractivity contribution is 7.99. The largest absolute Gasteiger partial charge is 0.495 e. The van der Waals surface area contributed by atoms with Crippen LogP contribution in [0.4, 0.5) is 5.69 Å². The summed E-state index contributed by atoms with van der Waals surface area (Å²) < 4.78 is 6.58. The van der Waals surface area contributed by atoms with Crippen LogP contribution in [-0.4, -0.2) is 33.1 Å². The maximum Gasteiger partial charge on any atom is 0.355 e. The molecule has 0 aliphatic heterocycles. The minimum Gasteiger partial charge on any atom is -0.495 e. The van der Waals surface area contributed by atoms with E-state index in [4.69, 9.17) is 4.74 Å². The molecule has 0 unspecified atom stereocenters. The number of nitrogens with zero attached hydrogens (tertiary/aromatic N) is 3. The number of amides is 1. The highest BCUT2D eigenvalue weighted by atomic mass is 32.2. The Morgan fingerprint density at radius 2 is 2.04 bits per heavy atom. The zero-order chi connectivity index (χ0) is 17.8. The Labute approximate surface area is 148 Å². The van der Waals surface area contributed by atoms with Crippen LogP contribution < -0.4 is 15.7 Å². The minimum absolute atomic E-state index is 0.0829. The van der Waals surface area contributed by atoms with Crippen molar-refractivity contribution < 1.29 is 9.53 Å². The first-order chi connectivity index (χ1) is 12.1. The molecular weight excluding hydrogens is 340 g/mol. The quantitative estimate of drug-likeness (QED) is 0.705. The molecule has 1 amide bonds. The van der Waals surface area contributed by atoms with Crippen LogP contribution in [0.3, 0.4) is 0 Å². The lowest BCUT2D eigenvalue weighted by atomic mass is 10.3. The number of benzene rings is 1. The molecule has 0 atom stereocenters. The molecular formula is C17H16N4O3S. The summed E-state index contributed by atoms with van der Waals surface area (Å²) in [6.07, 6.45) is 1.62. The Hall–Kier alpha value is -2.87. The number of carbonyl (C=O) groups excluding carboxylic acids is 1. The van der Waals surface area contributed by atoms with Gasteiger partial charge in [-0.15, -0.1) is 0 Å². The van der Waals surface area contributed by atoms with Gasteiger partial charge in [0.25, 0.3) is 0 Å². The number of rotatable bonds is 5. The number of aromatic nitrogens is 3. The van der Waals surface area contributed by atoms with Gasteiger partial charge < -0.3 is 10.1 Å². The average Bonchev–Trinajstić information content (AvgIpc) is 2.61. The Kier molecular flexibility index (Phi) is 4.99. The van der Waals surface area contributed by atoms with Crippen molar-refractivity contribution >= 4 is 29.0 Å². The van der Waals surface area contributed by atoms with Crippen LogP contribution in [0.25, 0.3) is 5.65 Å². The van der Waals surface area contributed by atoms with Crippen molar-refractivity contribution in [3.8, 4) is 5.75 Å². The second-order valence-electron chi connectivity index (χ2n) is 5.21. The van der Waals surface area contributed by atoms with E-state index in [2.05, 4.69) is 15.3 Å². The van der Waals surface area contributed by atoms with Crippen molar-refractivity contribution in [2.75, 3.05) is 18.2 Å².